The fourth-order valence-corrected chi connectivity index (χ4v) is 1.39. The van der Waals surface area contributed by atoms with Crippen LogP contribution in [0.2, 0.25) is 0 Å². The van der Waals surface area contributed by atoms with Crippen LogP contribution in [0.3, 0.4) is 0 Å². The standard InChI is InChI=1S/C10H11FN2/c11-6-9(12)8-2-1-7-3-4-13-10(7)5-8/h1-5,9,13H,6,12H2/t9-/m1/s1. The Morgan fingerprint density at radius 1 is 1.38 bits per heavy atom. The Bertz CT molecular complexity index is 408. The molecule has 1 atom stereocenters. The molecule has 0 aliphatic rings. The maximum absolute atomic E-state index is 12.3. The summed E-state index contributed by atoms with van der Waals surface area (Å²) in [4.78, 5) is 3.06. The first-order valence-corrected chi connectivity index (χ1v) is 4.20. The maximum atomic E-state index is 12.3. The van der Waals surface area contributed by atoms with Crippen LogP contribution in [0.15, 0.2) is 30.5 Å². The highest BCUT2D eigenvalue weighted by atomic mass is 19.1. The van der Waals surface area contributed by atoms with Gasteiger partial charge in [0.25, 0.3) is 0 Å². The molecule has 3 heteroatoms. The highest BCUT2D eigenvalue weighted by molar-refractivity contribution is 5.79. The molecule has 68 valence electrons. The first-order chi connectivity index (χ1) is 6.31. The normalized spacial score (nSPS) is 13.4. The van der Waals surface area contributed by atoms with Gasteiger partial charge in [-0.15, -0.1) is 0 Å². The average Bonchev–Trinajstić information content (AvgIpc) is 2.63. The lowest BCUT2D eigenvalue weighted by Gasteiger charge is -2.06. The fourth-order valence-electron chi connectivity index (χ4n) is 1.39. The highest BCUT2D eigenvalue weighted by Gasteiger charge is 2.05. The number of nitrogens with one attached hydrogen (secondary N) is 1. The van der Waals surface area contributed by atoms with Crippen molar-refractivity contribution in [3.63, 3.8) is 0 Å². The summed E-state index contributed by atoms with van der Waals surface area (Å²) in [7, 11) is 0. The zero-order chi connectivity index (χ0) is 9.26. The molecule has 0 bridgehead atoms. The third-order valence-electron chi connectivity index (χ3n) is 2.17. The van der Waals surface area contributed by atoms with Crippen molar-refractivity contribution in [2.45, 2.75) is 6.04 Å². The largest absolute Gasteiger partial charge is 0.361 e. The van der Waals surface area contributed by atoms with Gasteiger partial charge in [0, 0.05) is 11.7 Å². The van der Waals surface area contributed by atoms with Crippen molar-refractivity contribution < 1.29 is 4.39 Å². The van der Waals surface area contributed by atoms with Crippen LogP contribution in [0.5, 0.6) is 0 Å². The third-order valence-corrected chi connectivity index (χ3v) is 2.17. The number of halogens is 1. The Kier molecular flexibility index (Phi) is 2.02. The van der Waals surface area contributed by atoms with E-state index in [2.05, 4.69) is 4.98 Å². The molecule has 2 nitrogen and oxygen atoms in total. The lowest BCUT2D eigenvalue weighted by molar-refractivity contribution is 0.437. The number of hydrogen-bond acceptors (Lipinski definition) is 1. The zero-order valence-electron chi connectivity index (χ0n) is 7.13. The van der Waals surface area contributed by atoms with Crippen LogP contribution in [-0.4, -0.2) is 11.7 Å². The van der Waals surface area contributed by atoms with E-state index in [1.807, 2.05) is 30.5 Å². The molecule has 1 aromatic carbocycles. The lowest BCUT2D eigenvalue weighted by Crippen LogP contribution is -2.11. The molecule has 3 N–H and O–H groups in total. The summed E-state index contributed by atoms with van der Waals surface area (Å²) in [6.45, 7) is -0.522. The molecule has 0 spiro atoms. The van der Waals surface area contributed by atoms with Crippen molar-refractivity contribution in [3.8, 4) is 0 Å². The number of aromatic amines is 1. The number of alkyl halides is 1. The van der Waals surface area contributed by atoms with Crippen molar-refractivity contribution in [3.05, 3.63) is 36.0 Å². The van der Waals surface area contributed by atoms with E-state index in [9.17, 15) is 4.39 Å². The molecule has 1 aromatic heterocycles. The third kappa shape index (κ3) is 1.42. The van der Waals surface area contributed by atoms with E-state index >= 15 is 0 Å². The summed E-state index contributed by atoms with van der Waals surface area (Å²) in [5, 5.41) is 1.12. The van der Waals surface area contributed by atoms with Gasteiger partial charge in [-0.3, -0.25) is 0 Å². The van der Waals surface area contributed by atoms with Crippen LogP contribution in [0.25, 0.3) is 10.9 Å². The van der Waals surface area contributed by atoms with Crippen molar-refractivity contribution in [2.75, 3.05) is 6.67 Å². The van der Waals surface area contributed by atoms with Gasteiger partial charge in [0.1, 0.15) is 6.67 Å². The number of benzene rings is 1. The molecule has 0 unspecified atom stereocenters. The van der Waals surface area contributed by atoms with E-state index < -0.39 is 12.7 Å². The molecule has 0 saturated carbocycles. The molecule has 0 radical (unpaired) electrons. The van der Waals surface area contributed by atoms with E-state index in [4.69, 9.17) is 5.73 Å². The summed E-state index contributed by atoms with van der Waals surface area (Å²) in [6.07, 6.45) is 1.86. The van der Waals surface area contributed by atoms with Crippen LogP contribution in [0.4, 0.5) is 4.39 Å². The first-order valence-electron chi connectivity index (χ1n) is 4.20. The molecule has 2 rings (SSSR count). The minimum Gasteiger partial charge on any atom is -0.361 e. The second-order valence-corrected chi connectivity index (χ2v) is 3.09. The van der Waals surface area contributed by atoms with Crippen molar-refractivity contribution in [1.29, 1.82) is 0 Å². The minimum atomic E-state index is -0.522. The summed E-state index contributed by atoms with van der Waals surface area (Å²) < 4.78 is 12.3. The number of aromatic nitrogens is 1. The summed E-state index contributed by atoms with van der Waals surface area (Å²) in [6, 6.07) is 7.16. The molecule has 2 aromatic rings. The predicted molar refractivity (Wildman–Crippen MR) is 51.2 cm³/mol. The Labute approximate surface area is 75.6 Å². The maximum Gasteiger partial charge on any atom is 0.109 e. The summed E-state index contributed by atoms with van der Waals surface area (Å²) >= 11 is 0. The number of H-pyrrole nitrogens is 1. The number of fused-ring (bicyclic) bond motifs is 1. The molecule has 0 fully saturated rings. The SMILES string of the molecule is N[C@H](CF)c1ccc2cc[nH]c2c1. The van der Waals surface area contributed by atoms with E-state index in [1.165, 1.54) is 0 Å². The molecular formula is C10H11FN2. The van der Waals surface area contributed by atoms with Crippen LogP contribution in [-0.2, 0) is 0 Å². The Hall–Kier alpha value is -1.35. The first kappa shape index (κ1) is 8.26. The molecular weight excluding hydrogens is 167 g/mol. The number of rotatable bonds is 2. The topological polar surface area (TPSA) is 41.8 Å². The van der Waals surface area contributed by atoms with Gasteiger partial charge >= 0.3 is 0 Å². The van der Waals surface area contributed by atoms with Crippen molar-refractivity contribution in [1.82, 2.24) is 4.98 Å². The Morgan fingerprint density at radius 2 is 2.23 bits per heavy atom. The summed E-state index contributed by atoms with van der Waals surface area (Å²) in [5.41, 5.74) is 7.40. The van der Waals surface area contributed by atoms with E-state index in [0.717, 1.165) is 16.5 Å². The van der Waals surface area contributed by atoms with E-state index in [-0.39, 0.29) is 0 Å². The van der Waals surface area contributed by atoms with E-state index in [1.54, 1.807) is 0 Å². The van der Waals surface area contributed by atoms with Crippen LogP contribution in [0, 0.1) is 0 Å². The fraction of sp³-hybridized carbons (Fsp3) is 0.200. The van der Waals surface area contributed by atoms with Crippen LogP contribution < -0.4 is 5.73 Å². The molecule has 1 heterocycles. The Morgan fingerprint density at radius 3 is 3.00 bits per heavy atom. The smallest absolute Gasteiger partial charge is 0.109 e. The molecule has 13 heavy (non-hydrogen) atoms. The minimum absolute atomic E-state index is 0.507. The van der Waals surface area contributed by atoms with Gasteiger partial charge in [0.2, 0.25) is 0 Å². The van der Waals surface area contributed by atoms with Gasteiger partial charge in [0.15, 0.2) is 0 Å². The average molecular weight is 178 g/mol. The molecule has 0 saturated heterocycles. The zero-order valence-corrected chi connectivity index (χ0v) is 7.13. The Balaban J connectivity index is 2.48. The van der Waals surface area contributed by atoms with Gasteiger partial charge in [-0.05, 0) is 23.1 Å². The van der Waals surface area contributed by atoms with E-state index in [0.29, 0.717) is 0 Å². The second-order valence-electron chi connectivity index (χ2n) is 3.09. The van der Waals surface area contributed by atoms with Gasteiger partial charge in [-0.1, -0.05) is 12.1 Å². The number of nitrogens with two attached hydrogens (primary N) is 1. The lowest BCUT2D eigenvalue weighted by atomic mass is 10.1. The van der Waals surface area contributed by atoms with Gasteiger partial charge in [0.05, 0.1) is 6.04 Å². The summed E-state index contributed by atoms with van der Waals surface area (Å²) in [5.74, 6) is 0. The quantitative estimate of drug-likeness (QED) is 0.726. The van der Waals surface area contributed by atoms with Crippen LogP contribution >= 0.6 is 0 Å². The monoisotopic (exact) mass is 178 g/mol. The van der Waals surface area contributed by atoms with Gasteiger partial charge in [-0.2, -0.15) is 0 Å². The molecule has 0 amide bonds. The predicted octanol–water partition coefficient (Wildman–Crippen LogP) is 2.14. The van der Waals surface area contributed by atoms with Crippen molar-refractivity contribution >= 4 is 10.9 Å². The highest BCUT2D eigenvalue weighted by Crippen LogP contribution is 2.18. The van der Waals surface area contributed by atoms with Crippen molar-refractivity contribution in [2.24, 2.45) is 5.73 Å². The second kappa shape index (κ2) is 3.18. The van der Waals surface area contributed by atoms with Gasteiger partial charge in [-0.25, -0.2) is 4.39 Å². The molecule has 0 aliphatic carbocycles. The van der Waals surface area contributed by atoms with Gasteiger partial charge < -0.3 is 10.7 Å². The molecule has 0 aliphatic heterocycles. The number of hydrogen-bond donors (Lipinski definition) is 2. The van der Waals surface area contributed by atoms with Crippen LogP contribution in [0.1, 0.15) is 11.6 Å².